The van der Waals surface area contributed by atoms with Crippen LogP contribution >= 0.6 is 11.8 Å². The van der Waals surface area contributed by atoms with Crippen molar-refractivity contribution >= 4 is 29.7 Å². The van der Waals surface area contributed by atoms with Gasteiger partial charge in [-0.1, -0.05) is 5.21 Å². The van der Waals surface area contributed by atoms with Crippen molar-refractivity contribution in [1.29, 1.82) is 0 Å². The molecule has 1 saturated heterocycles. The first-order chi connectivity index (χ1) is 19.7. The number of nitrogens with zero attached hydrogens (tertiary/aromatic N) is 3. The van der Waals surface area contributed by atoms with E-state index in [1.54, 1.807) is 0 Å². The Morgan fingerprint density at radius 3 is 2.29 bits per heavy atom. The van der Waals surface area contributed by atoms with Gasteiger partial charge < -0.3 is 18.9 Å². The lowest BCUT2D eigenvalue weighted by atomic mass is 9.96. The van der Waals surface area contributed by atoms with Gasteiger partial charge in [-0.2, -0.15) is 0 Å². The number of rotatable bonds is 8. The zero-order valence-electron chi connectivity index (χ0n) is 22.7. The summed E-state index contributed by atoms with van der Waals surface area (Å²) in [6.07, 6.45) is -2.64. The van der Waals surface area contributed by atoms with Crippen LogP contribution in [-0.4, -0.2) is 74.4 Å². The molecule has 3 unspecified atom stereocenters. The summed E-state index contributed by atoms with van der Waals surface area (Å²) in [7, 11) is 0. The second-order valence-electron chi connectivity index (χ2n) is 10.0. The first kappa shape index (κ1) is 31.7. The van der Waals surface area contributed by atoms with Gasteiger partial charge in [-0.15, -0.1) is 16.9 Å². The van der Waals surface area contributed by atoms with E-state index in [0.29, 0.717) is 18.6 Å². The maximum Gasteiger partial charge on any atom is 0.303 e. The third kappa shape index (κ3) is 7.56. The van der Waals surface area contributed by atoms with Crippen molar-refractivity contribution in [3.8, 4) is 11.3 Å². The molecule has 0 bridgehead atoms. The Bertz CT molecular complexity index is 1310. The van der Waals surface area contributed by atoms with E-state index in [2.05, 4.69) is 10.3 Å². The largest absolute Gasteiger partial charge is 0.463 e. The normalized spacial score (nSPS) is 27.2. The summed E-state index contributed by atoms with van der Waals surface area (Å²) in [5.41, 5.74) is -1.42. The fourth-order valence-corrected chi connectivity index (χ4v) is 6.58. The van der Waals surface area contributed by atoms with Crippen LogP contribution in [0.4, 0.5) is 22.0 Å². The highest BCUT2D eigenvalue weighted by molar-refractivity contribution is 8.00. The molecule has 1 aromatic heterocycles. The smallest absolute Gasteiger partial charge is 0.303 e. The number of thioether (sulfide) groups is 1. The van der Waals surface area contributed by atoms with Gasteiger partial charge in [0, 0.05) is 44.4 Å². The SMILES string of the molecule is CC(=O)OCC1O[C@H](SC2CCCC(F)(F)C2)C(OC(C)=O)[C@@H](n2cc(-c3cc(F)c(F)c(F)c3)nn2)[C@H]1OC(C)=O. The molecule has 0 radical (unpaired) electrons. The number of benzene rings is 1. The molecule has 16 heteroatoms. The van der Waals surface area contributed by atoms with Gasteiger partial charge in [0.1, 0.15) is 29.9 Å². The van der Waals surface area contributed by atoms with Crippen LogP contribution in [-0.2, 0) is 33.3 Å². The molecule has 10 nitrogen and oxygen atoms in total. The summed E-state index contributed by atoms with van der Waals surface area (Å²) in [4.78, 5) is 36.0. The van der Waals surface area contributed by atoms with Crippen molar-refractivity contribution in [2.45, 2.75) is 87.4 Å². The molecular formula is C26H28F5N3O7S. The number of carbonyl (C=O) groups is 3. The molecule has 0 N–H and O–H groups in total. The number of aromatic nitrogens is 3. The van der Waals surface area contributed by atoms with Gasteiger partial charge in [-0.3, -0.25) is 14.4 Å². The van der Waals surface area contributed by atoms with Crippen LogP contribution in [0.25, 0.3) is 11.3 Å². The second-order valence-corrected chi connectivity index (χ2v) is 11.4. The zero-order chi connectivity index (χ0) is 30.8. The first-order valence-corrected chi connectivity index (χ1v) is 13.9. The average molecular weight is 622 g/mol. The van der Waals surface area contributed by atoms with Crippen molar-refractivity contribution in [1.82, 2.24) is 15.0 Å². The fraction of sp³-hybridized carbons (Fsp3) is 0.577. The molecule has 2 heterocycles. The van der Waals surface area contributed by atoms with Crippen molar-refractivity contribution in [2.75, 3.05) is 6.61 Å². The van der Waals surface area contributed by atoms with Crippen LogP contribution in [0.15, 0.2) is 18.3 Å². The minimum absolute atomic E-state index is 0.116. The average Bonchev–Trinajstić information content (AvgIpc) is 3.36. The van der Waals surface area contributed by atoms with Crippen molar-refractivity contribution < 1.29 is 55.3 Å². The van der Waals surface area contributed by atoms with E-state index in [4.69, 9.17) is 18.9 Å². The molecular weight excluding hydrogens is 593 g/mol. The Morgan fingerprint density at radius 2 is 1.69 bits per heavy atom. The van der Waals surface area contributed by atoms with Crippen LogP contribution in [0.2, 0.25) is 0 Å². The number of hydrogen-bond acceptors (Lipinski definition) is 10. The summed E-state index contributed by atoms with van der Waals surface area (Å²) >= 11 is 0.997. The Morgan fingerprint density at radius 1 is 1.05 bits per heavy atom. The van der Waals surface area contributed by atoms with E-state index in [0.717, 1.165) is 37.2 Å². The van der Waals surface area contributed by atoms with Crippen LogP contribution in [0.1, 0.15) is 52.5 Å². The van der Waals surface area contributed by atoms with Crippen molar-refractivity contribution in [2.24, 2.45) is 0 Å². The van der Waals surface area contributed by atoms with Gasteiger partial charge in [-0.25, -0.2) is 26.6 Å². The molecule has 2 fully saturated rings. The molecule has 230 valence electrons. The zero-order valence-corrected chi connectivity index (χ0v) is 23.5. The molecule has 42 heavy (non-hydrogen) atoms. The summed E-state index contributed by atoms with van der Waals surface area (Å²) < 4.78 is 93.3. The summed E-state index contributed by atoms with van der Waals surface area (Å²) in [6.45, 7) is 2.92. The molecule has 0 spiro atoms. The highest BCUT2D eigenvalue weighted by Gasteiger charge is 2.53. The van der Waals surface area contributed by atoms with Crippen LogP contribution < -0.4 is 0 Å². The van der Waals surface area contributed by atoms with E-state index in [-0.39, 0.29) is 24.1 Å². The molecule has 1 saturated carbocycles. The highest BCUT2D eigenvalue weighted by Crippen LogP contribution is 2.45. The second kappa shape index (κ2) is 12.9. The van der Waals surface area contributed by atoms with Crippen LogP contribution in [0, 0.1) is 17.5 Å². The third-order valence-corrected chi connectivity index (χ3v) is 8.12. The Labute approximate surface area is 241 Å². The maximum absolute atomic E-state index is 14.2. The molecule has 1 aliphatic carbocycles. The molecule has 0 amide bonds. The minimum atomic E-state index is -2.90. The standard InChI is InChI=1S/C26H28F5N3O7S/c1-12(35)38-11-20-23(39-13(2)36)22(34-10-19(32-33-34)15-7-17(27)21(29)18(28)8-15)24(40-14(3)37)25(41-20)42-16-5-4-6-26(30,31)9-16/h7-8,10,16,20,22-25H,4-6,9,11H2,1-3H3/t16?,20?,22-,23-,24?,25+/m0/s1. The van der Waals surface area contributed by atoms with Gasteiger partial charge >= 0.3 is 17.9 Å². The predicted molar refractivity (Wildman–Crippen MR) is 136 cm³/mol. The Hall–Kier alpha value is -3.27. The first-order valence-electron chi connectivity index (χ1n) is 13.0. The number of carbonyl (C=O) groups excluding carboxylic acids is 3. The quantitative estimate of drug-likeness (QED) is 0.182. The summed E-state index contributed by atoms with van der Waals surface area (Å²) in [5.74, 6) is -9.77. The number of halogens is 5. The Balaban J connectivity index is 1.77. The number of alkyl halides is 2. The van der Waals surface area contributed by atoms with E-state index >= 15 is 0 Å². The molecule has 2 aromatic rings. The van der Waals surface area contributed by atoms with E-state index < -0.39 is 89.3 Å². The summed E-state index contributed by atoms with van der Waals surface area (Å²) in [6, 6.07) is 0.176. The molecule has 2 aliphatic rings. The highest BCUT2D eigenvalue weighted by atomic mass is 32.2. The molecule has 1 aliphatic heterocycles. The van der Waals surface area contributed by atoms with Gasteiger partial charge in [0.25, 0.3) is 0 Å². The van der Waals surface area contributed by atoms with Crippen LogP contribution in [0.3, 0.4) is 0 Å². The number of hydrogen-bond donors (Lipinski definition) is 0. The van der Waals surface area contributed by atoms with E-state index in [1.165, 1.54) is 6.20 Å². The predicted octanol–water partition coefficient (Wildman–Crippen LogP) is 4.37. The summed E-state index contributed by atoms with van der Waals surface area (Å²) in [5, 5.41) is 7.30. The lowest BCUT2D eigenvalue weighted by Crippen LogP contribution is -2.58. The fourth-order valence-electron chi connectivity index (χ4n) is 4.98. The van der Waals surface area contributed by atoms with Crippen molar-refractivity contribution in [3.05, 3.63) is 35.8 Å². The molecule has 1 aromatic carbocycles. The topological polar surface area (TPSA) is 119 Å². The molecule has 6 atom stereocenters. The van der Waals surface area contributed by atoms with Gasteiger partial charge in [0.2, 0.25) is 5.92 Å². The van der Waals surface area contributed by atoms with Gasteiger partial charge in [0.05, 0.1) is 6.20 Å². The van der Waals surface area contributed by atoms with E-state index in [9.17, 15) is 36.3 Å². The van der Waals surface area contributed by atoms with Gasteiger partial charge in [0.15, 0.2) is 29.7 Å². The number of esters is 3. The minimum Gasteiger partial charge on any atom is -0.463 e. The number of ether oxygens (including phenoxy) is 4. The third-order valence-electron chi connectivity index (χ3n) is 6.69. The maximum atomic E-state index is 14.2. The van der Waals surface area contributed by atoms with Crippen molar-refractivity contribution in [3.63, 3.8) is 0 Å². The molecule has 4 rings (SSSR count). The van der Waals surface area contributed by atoms with Gasteiger partial charge in [-0.05, 0) is 25.0 Å². The lowest BCUT2D eigenvalue weighted by molar-refractivity contribution is -0.212. The monoisotopic (exact) mass is 621 g/mol. The lowest BCUT2D eigenvalue weighted by Gasteiger charge is -2.45. The Kier molecular flexibility index (Phi) is 9.75. The van der Waals surface area contributed by atoms with Crippen LogP contribution in [0.5, 0.6) is 0 Å². The van der Waals surface area contributed by atoms with E-state index in [1.807, 2.05) is 0 Å².